The lowest BCUT2D eigenvalue weighted by Gasteiger charge is -2.29. The number of ether oxygens (including phenoxy) is 1. The third-order valence-electron chi connectivity index (χ3n) is 3.76. The number of nitrogens with zero attached hydrogens (tertiary/aromatic N) is 3. The van der Waals surface area contributed by atoms with Crippen LogP contribution in [0, 0.1) is 11.3 Å². The van der Waals surface area contributed by atoms with E-state index in [2.05, 4.69) is 45.0 Å². The normalized spacial score (nSPS) is 15.2. The number of allylic oxidation sites excluding steroid dienone is 1. The Kier molecular flexibility index (Phi) is 6.14. The number of rotatable bonds is 6. The summed E-state index contributed by atoms with van der Waals surface area (Å²) in [6.45, 7) is 12.8. The first-order chi connectivity index (χ1) is 11.1. The van der Waals surface area contributed by atoms with Gasteiger partial charge < -0.3 is 4.74 Å². The molecular formula is C18H20BrN3O. The van der Waals surface area contributed by atoms with Crippen molar-refractivity contribution in [3.05, 3.63) is 58.4 Å². The van der Waals surface area contributed by atoms with Gasteiger partial charge in [0, 0.05) is 36.4 Å². The smallest absolute Gasteiger partial charge is 0.140 e. The standard InChI is InChI=1S/C18H20BrN3O/c1-4-14-11-22(7-6-17(14)13(3)19)12-16-8-18(23-5-2)15(9-20)10-21-16/h4,8,10H,1,3,5-7,11-12H2,2H3. The van der Waals surface area contributed by atoms with Crippen LogP contribution in [0.25, 0.3) is 0 Å². The first kappa shape index (κ1) is 17.5. The Labute approximate surface area is 145 Å². The van der Waals surface area contributed by atoms with E-state index in [1.54, 1.807) is 6.20 Å². The molecule has 0 atom stereocenters. The van der Waals surface area contributed by atoms with Crippen molar-refractivity contribution in [1.29, 1.82) is 5.26 Å². The van der Waals surface area contributed by atoms with Crippen LogP contribution < -0.4 is 4.74 Å². The van der Waals surface area contributed by atoms with Crippen molar-refractivity contribution >= 4 is 15.9 Å². The number of hydrogen-bond donors (Lipinski definition) is 0. The molecular weight excluding hydrogens is 354 g/mol. The summed E-state index contributed by atoms with van der Waals surface area (Å²) in [6.07, 6.45) is 4.41. The van der Waals surface area contributed by atoms with Crippen LogP contribution in [-0.4, -0.2) is 29.6 Å². The molecule has 2 rings (SSSR count). The highest BCUT2D eigenvalue weighted by atomic mass is 79.9. The van der Waals surface area contributed by atoms with Gasteiger partial charge in [-0.1, -0.05) is 35.2 Å². The fourth-order valence-electron chi connectivity index (χ4n) is 2.63. The zero-order chi connectivity index (χ0) is 16.8. The lowest BCUT2D eigenvalue weighted by molar-refractivity contribution is 0.276. The van der Waals surface area contributed by atoms with Crippen LogP contribution in [-0.2, 0) is 6.54 Å². The molecule has 0 fully saturated rings. The Morgan fingerprint density at radius 3 is 3.00 bits per heavy atom. The van der Waals surface area contributed by atoms with Gasteiger partial charge in [0.25, 0.3) is 0 Å². The number of nitriles is 1. The molecule has 2 heterocycles. The van der Waals surface area contributed by atoms with Crippen LogP contribution in [0.4, 0.5) is 0 Å². The summed E-state index contributed by atoms with van der Waals surface area (Å²) >= 11 is 3.47. The highest BCUT2D eigenvalue weighted by Gasteiger charge is 2.19. The van der Waals surface area contributed by atoms with Crippen molar-refractivity contribution < 1.29 is 4.74 Å². The maximum atomic E-state index is 9.09. The third-order valence-corrected chi connectivity index (χ3v) is 4.24. The lowest BCUT2D eigenvalue weighted by atomic mass is 10.00. The summed E-state index contributed by atoms with van der Waals surface area (Å²) < 4.78 is 6.46. The van der Waals surface area contributed by atoms with Gasteiger partial charge in [-0.2, -0.15) is 5.26 Å². The van der Waals surface area contributed by atoms with E-state index >= 15 is 0 Å². The van der Waals surface area contributed by atoms with Gasteiger partial charge in [-0.3, -0.25) is 9.88 Å². The van der Waals surface area contributed by atoms with Crippen molar-refractivity contribution in [2.45, 2.75) is 19.9 Å². The average molecular weight is 374 g/mol. The second-order valence-corrected chi connectivity index (χ2v) is 6.25. The zero-order valence-corrected chi connectivity index (χ0v) is 14.9. The largest absolute Gasteiger partial charge is 0.492 e. The van der Waals surface area contributed by atoms with E-state index in [-0.39, 0.29) is 0 Å². The molecule has 0 unspecified atom stereocenters. The maximum absolute atomic E-state index is 9.09. The summed E-state index contributed by atoms with van der Waals surface area (Å²) in [5, 5.41) is 9.09. The Bertz CT molecular complexity index is 688. The second-order valence-electron chi connectivity index (χ2n) is 5.29. The molecule has 0 bridgehead atoms. The van der Waals surface area contributed by atoms with Gasteiger partial charge in [-0.15, -0.1) is 0 Å². The van der Waals surface area contributed by atoms with Gasteiger partial charge in [0.05, 0.1) is 12.3 Å². The predicted octanol–water partition coefficient (Wildman–Crippen LogP) is 3.95. The number of halogens is 1. The molecule has 0 N–H and O–H groups in total. The van der Waals surface area contributed by atoms with E-state index in [4.69, 9.17) is 10.00 Å². The minimum Gasteiger partial charge on any atom is -0.492 e. The third kappa shape index (κ3) is 4.31. The van der Waals surface area contributed by atoms with Crippen molar-refractivity contribution in [3.63, 3.8) is 0 Å². The van der Waals surface area contributed by atoms with Crippen molar-refractivity contribution in [2.24, 2.45) is 0 Å². The van der Waals surface area contributed by atoms with E-state index in [0.717, 1.165) is 29.7 Å². The van der Waals surface area contributed by atoms with Crippen molar-refractivity contribution in [2.75, 3.05) is 19.7 Å². The Morgan fingerprint density at radius 2 is 2.39 bits per heavy atom. The highest BCUT2D eigenvalue weighted by Crippen LogP contribution is 2.28. The van der Waals surface area contributed by atoms with E-state index in [1.165, 1.54) is 11.1 Å². The summed E-state index contributed by atoms with van der Waals surface area (Å²) in [7, 11) is 0. The fourth-order valence-corrected chi connectivity index (χ4v) is 3.08. The minimum absolute atomic E-state index is 0.471. The summed E-state index contributed by atoms with van der Waals surface area (Å²) in [6, 6.07) is 3.97. The van der Waals surface area contributed by atoms with Gasteiger partial charge in [-0.05, 0) is 24.5 Å². The predicted molar refractivity (Wildman–Crippen MR) is 95.3 cm³/mol. The van der Waals surface area contributed by atoms with Crippen LogP contribution in [0.15, 0.2) is 47.1 Å². The number of aromatic nitrogens is 1. The Balaban J connectivity index is 2.15. The molecule has 4 nitrogen and oxygen atoms in total. The van der Waals surface area contributed by atoms with Crippen molar-refractivity contribution in [3.8, 4) is 11.8 Å². The van der Waals surface area contributed by atoms with Gasteiger partial charge in [0.15, 0.2) is 0 Å². The number of hydrogen-bond acceptors (Lipinski definition) is 4. The SMILES string of the molecule is C=CC1=C(C(=C)Br)CCN(Cc2cc(OCC)c(C#N)cn2)C1. The molecule has 0 aromatic carbocycles. The fraction of sp³-hybridized carbons (Fsp3) is 0.333. The van der Waals surface area contributed by atoms with Gasteiger partial charge in [-0.25, -0.2) is 0 Å². The average Bonchev–Trinajstić information content (AvgIpc) is 2.55. The van der Waals surface area contributed by atoms with E-state index in [1.807, 2.05) is 19.1 Å². The summed E-state index contributed by atoms with van der Waals surface area (Å²) in [5.41, 5.74) is 3.80. The van der Waals surface area contributed by atoms with Gasteiger partial charge in [0.2, 0.25) is 0 Å². The Morgan fingerprint density at radius 1 is 1.61 bits per heavy atom. The van der Waals surface area contributed by atoms with Crippen LogP contribution in [0.5, 0.6) is 5.75 Å². The Hall–Kier alpha value is -1.90. The second kappa shape index (κ2) is 8.09. The molecule has 0 amide bonds. The summed E-state index contributed by atoms with van der Waals surface area (Å²) in [5.74, 6) is 0.603. The van der Waals surface area contributed by atoms with Gasteiger partial charge in [0.1, 0.15) is 17.4 Å². The van der Waals surface area contributed by atoms with Crippen LogP contribution in [0.3, 0.4) is 0 Å². The maximum Gasteiger partial charge on any atom is 0.140 e. The molecule has 0 saturated carbocycles. The number of pyridine rings is 1. The first-order valence-electron chi connectivity index (χ1n) is 7.52. The molecule has 1 aliphatic heterocycles. The minimum atomic E-state index is 0.471. The molecule has 120 valence electrons. The molecule has 1 aromatic heterocycles. The molecule has 0 radical (unpaired) electrons. The van der Waals surface area contributed by atoms with Crippen LogP contribution in [0.2, 0.25) is 0 Å². The van der Waals surface area contributed by atoms with Crippen LogP contribution >= 0.6 is 15.9 Å². The van der Waals surface area contributed by atoms with Gasteiger partial charge >= 0.3 is 0 Å². The summed E-state index contributed by atoms with van der Waals surface area (Å²) in [4.78, 5) is 6.68. The van der Waals surface area contributed by atoms with E-state index in [9.17, 15) is 0 Å². The molecule has 0 aliphatic carbocycles. The highest BCUT2D eigenvalue weighted by molar-refractivity contribution is 9.11. The first-order valence-corrected chi connectivity index (χ1v) is 8.31. The quantitative estimate of drug-likeness (QED) is 0.757. The topological polar surface area (TPSA) is 49.1 Å². The lowest BCUT2D eigenvalue weighted by Crippen LogP contribution is -2.31. The van der Waals surface area contributed by atoms with Crippen molar-refractivity contribution in [1.82, 2.24) is 9.88 Å². The van der Waals surface area contributed by atoms with Crippen LogP contribution in [0.1, 0.15) is 24.6 Å². The monoisotopic (exact) mass is 373 g/mol. The molecule has 1 aromatic rings. The zero-order valence-electron chi connectivity index (χ0n) is 13.3. The molecule has 0 spiro atoms. The molecule has 1 aliphatic rings. The van der Waals surface area contributed by atoms with E-state index in [0.29, 0.717) is 24.5 Å². The molecule has 5 heteroatoms. The molecule has 23 heavy (non-hydrogen) atoms. The molecule has 0 saturated heterocycles. The van der Waals surface area contributed by atoms with E-state index < -0.39 is 0 Å².